The predicted molar refractivity (Wildman–Crippen MR) is 65.3 cm³/mol. The van der Waals surface area contributed by atoms with Crippen LogP contribution in [0.25, 0.3) is 0 Å². The van der Waals surface area contributed by atoms with Crippen molar-refractivity contribution in [1.29, 1.82) is 0 Å². The molecule has 2 aromatic rings. The maximum Gasteiger partial charge on any atom is 0.573 e. The first-order valence-electron chi connectivity index (χ1n) is 5.65. The van der Waals surface area contributed by atoms with E-state index in [1.807, 2.05) is 0 Å². The lowest BCUT2D eigenvalue weighted by atomic mass is 10.3. The Bertz CT molecular complexity index is 588. The van der Waals surface area contributed by atoms with E-state index in [1.54, 1.807) is 12.1 Å². The van der Waals surface area contributed by atoms with Crippen LogP contribution < -0.4 is 15.2 Å². The van der Waals surface area contributed by atoms with Crippen molar-refractivity contribution in [2.75, 3.05) is 0 Å². The van der Waals surface area contributed by atoms with Gasteiger partial charge in [-0.05, 0) is 23.8 Å². The van der Waals surface area contributed by atoms with Gasteiger partial charge in [0.25, 0.3) is 0 Å². The average Bonchev–Trinajstić information content (AvgIpc) is 2.40. The zero-order valence-corrected chi connectivity index (χ0v) is 10.2. The Morgan fingerprint density at radius 2 is 1.80 bits per heavy atom. The van der Waals surface area contributed by atoms with Gasteiger partial charge in [0.05, 0.1) is 0 Å². The third kappa shape index (κ3) is 3.86. The molecule has 0 spiro atoms. The number of halogens is 3. The average molecular weight is 284 g/mol. The molecule has 2 rings (SSSR count). The van der Waals surface area contributed by atoms with E-state index in [1.165, 1.54) is 24.4 Å². The molecule has 0 aliphatic heterocycles. The van der Waals surface area contributed by atoms with Crippen molar-refractivity contribution in [1.82, 2.24) is 4.98 Å². The fourth-order valence-corrected chi connectivity index (χ4v) is 1.49. The van der Waals surface area contributed by atoms with Gasteiger partial charge >= 0.3 is 6.36 Å². The van der Waals surface area contributed by atoms with Gasteiger partial charge in [0.2, 0.25) is 5.88 Å². The summed E-state index contributed by atoms with van der Waals surface area (Å²) in [5.41, 5.74) is 6.22. The number of alkyl halides is 3. The molecule has 106 valence electrons. The number of hydrogen-bond donors (Lipinski definition) is 1. The van der Waals surface area contributed by atoms with E-state index >= 15 is 0 Å². The monoisotopic (exact) mass is 284 g/mol. The van der Waals surface area contributed by atoms with Gasteiger partial charge in [-0.2, -0.15) is 0 Å². The molecule has 0 atom stereocenters. The quantitative estimate of drug-likeness (QED) is 0.936. The van der Waals surface area contributed by atoms with Crippen LogP contribution in [0.4, 0.5) is 13.2 Å². The fraction of sp³-hybridized carbons (Fsp3) is 0.154. The molecular formula is C13H11F3N2O2. The van der Waals surface area contributed by atoms with Crippen molar-refractivity contribution in [3.05, 3.63) is 48.2 Å². The molecule has 0 saturated heterocycles. The van der Waals surface area contributed by atoms with Gasteiger partial charge in [0, 0.05) is 18.8 Å². The minimum atomic E-state index is -4.79. The van der Waals surface area contributed by atoms with E-state index in [0.29, 0.717) is 0 Å². The molecule has 0 aliphatic carbocycles. The predicted octanol–water partition coefficient (Wildman–Crippen LogP) is 3.23. The number of nitrogens with zero attached hydrogens (tertiary/aromatic N) is 1. The van der Waals surface area contributed by atoms with Gasteiger partial charge in [0.15, 0.2) is 11.5 Å². The summed E-state index contributed by atoms with van der Waals surface area (Å²) >= 11 is 0. The molecule has 7 heteroatoms. The molecule has 20 heavy (non-hydrogen) atoms. The molecule has 0 amide bonds. The largest absolute Gasteiger partial charge is 0.573 e. The Balaban J connectivity index is 2.24. The first kappa shape index (κ1) is 14.1. The SMILES string of the molecule is NCc1ccnc(Oc2ccccc2OC(F)(F)F)c1. The van der Waals surface area contributed by atoms with Crippen molar-refractivity contribution in [2.45, 2.75) is 12.9 Å². The molecule has 0 bridgehead atoms. The molecule has 0 fully saturated rings. The number of rotatable bonds is 4. The lowest BCUT2D eigenvalue weighted by Gasteiger charge is -2.13. The van der Waals surface area contributed by atoms with Crippen molar-refractivity contribution >= 4 is 0 Å². The second-order valence-electron chi connectivity index (χ2n) is 3.80. The van der Waals surface area contributed by atoms with Crippen LogP contribution in [0, 0.1) is 0 Å². The summed E-state index contributed by atoms with van der Waals surface area (Å²) in [6.45, 7) is 0.277. The first-order chi connectivity index (χ1) is 9.48. The molecule has 0 radical (unpaired) electrons. The van der Waals surface area contributed by atoms with E-state index in [9.17, 15) is 13.2 Å². The Labute approximate surface area is 113 Å². The highest BCUT2D eigenvalue weighted by Crippen LogP contribution is 2.34. The Morgan fingerprint density at radius 1 is 1.10 bits per heavy atom. The zero-order valence-electron chi connectivity index (χ0n) is 10.2. The van der Waals surface area contributed by atoms with Crippen LogP contribution in [0.2, 0.25) is 0 Å². The Hall–Kier alpha value is -2.28. The number of para-hydroxylation sites is 2. The lowest BCUT2D eigenvalue weighted by molar-refractivity contribution is -0.275. The third-order valence-electron chi connectivity index (χ3n) is 2.32. The molecule has 0 aliphatic rings. The van der Waals surface area contributed by atoms with E-state index in [0.717, 1.165) is 11.6 Å². The molecule has 0 unspecified atom stereocenters. The molecule has 1 aromatic heterocycles. The molecule has 1 aromatic carbocycles. The summed E-state index contributed by atoms with van der Waals surface area (Å²) < 4.78 is 46.0. The normalized spacial score (nSPS) is 11.2. The van der Waals surface area contributed by atoms with Crippen LogP contribution in [0.15, 0.2) is 42.6 Å². The Kier molecular flexibility index (Phi) is 4.09. The second kappa shape index (κ2) is 5.79. The first-order valence-corrected chi connectivity index (χ1v) is 5.65. The van der Waals surface area contributed by atoms with Gasteiger partial charge in [-0.25, -0.2) is 4.98 Å². The van der Waals surface area contributed by atoms with Gasteiger partial charge < -0.3 is 15.2 Å². The summed E-state index contributed by atoms with van der Waals surface area (Å²) in [4.78, 5) is 3.91. The highest BCUT2D eigenvalue weighted by Gasteiger charge is 2.32. The lowest BCUT2D eigenvalue weighted by Crippen LogP contribution is -2.17. The summed E-state index contributed by atoms with van der Waals surface area (Å²) in [6.07, 6.45) is -3.32. The van der Waals surface area contributed by atoms with Crippen LogP contribution in [-0.4, -0.2) is 11.3 Å². The minimum absolute atomic E-state index is 0.0773. The minimum Gasteiger partial charge on any atom is -0.435 e. The maximum absolute atomic E-state index is 12.3. The van der Waals surface area contributed by atoms with Gasteiger partial charge in [-0.1, -0.05) is 12.1 Å². The van der Waals surface area contributed by atoms with Crippen LogP contribution in [0.5, 0.6) is 17.4 Å². The highest BCUT2D eigenvalue weighted by atomic mass is 19.4. The topological polar surface area (TPSA) is 57.4 Å². The second-order valence-corrected chi connectivity index (χ2v) is 3.80. The van der Waals surface area contributed by atoms with Gasteiger partial charge in [-0.15, -0.1) is 13.2 Å². The summed E-state index contributed by atoms with van der Waals surface area (Å²) in [5.74, 6) is -0.363. The highest BCUT2D eigenvalue weighted by molar-refractivity contribution is 5.42. The molecule has 1 heterocycles. The summed E-state index contributed by atoms with van der Waals surface area (Å²) in [7, 11) is 0. The molecule has 2 N–H and O–H groups in total. The number of ether oxygens (including phenoxy) is 2. The number of aromatic nitrogens is 1. The summed E-state index contributed by atoms with van der Waals surface area (Å²) in [5, 5.41) is 0. The number of nitrogens with two attached hydrogens (primary N) is 1. The maximum atomic E-state index is 12.3. The standard InChI is InChI=1S/C13H11F3N2O2/c14-13(15,16)20-11-4-2-1-3-10(11)19-12-7-9(8-17)5-6-18-12/h1-7H,8,17H2. The van der Waals surface area contributed by atoms with Crippen molar-refractivity contribution in [2.24, 2.45) is 5.73 Å². The van der Waals surface area contributed by atoms with Crippen LogP contribution in [-0.2, 0) is 6.54 Å². The third-order valence-corrected chi connectivity index (χ3v) is 2.32. The van der Waals surface area contributed by atoms with Crippen LogP contribution in [0.3, 0.4) is 0 Å². The summed E-state index contributed by atoms with van der Waals surface area (Å²) in [6, 6.07) is 8.70. The van der Waals surface area contributed by atoms with E-state index in [-0.39, 0.29) is 18.2 Å². The smallest absolute Gasteiger partial charge is 0.435 e. The van der Waals surface area contributed by atoms with Gasteiger partial charge in [-0.3, -0.25) is 0 Å². The van der Waals surface area contributed by atoms with E-state index in [2.05, 4.69) is 9.72 Å². The van der Waals surface area contributed by atoms with Crippen LogP contribution >= 0.6 is 0 Å². The molecule has 4 nitrogen and oxygen atoms in total. The number of hydrogen-bond acceptors (Lipinski definition) is 4. The van der Waals surface area contributed by atoms with Crippen LogP contribution in [0.1, 0.15) is 5.56 Å². The van der Waals surface area contributed by atoms with Crippen molar-refractivity contribution in [3.63, 3.8) is 0 Å². The fourth-order valence-electron chi connectivity index (χ4n) is 1.49. The number of benzene rings is 1. The molecule has 0 saturated carbocycles. The Morgan fingerprint density at radius 3 is 2.45 bits per heavy atom. The van der Waals surface area contributed by atoms with Gasteiger partial charge in [0.1, 0.15) is 0 Å². The van der Waals surface area contributed by atoms with Crippen molar-refractivity contribution in [3.8, 4) is 17.4 Å². The van der Waals surface area contributed by atoms with Crippen molar-refractivity contribution < 1.29 is 22.6 Å². The molecular weight excluding hydrogens is 273 g/mol. The zero-order chi connectivity index (χ0) is 14.6. The number of pyridine rings is 1. The van der Waals surface area contributed by atoms with E-state index < -0.39 is 12.1 Å². The van der Waals surface area contributed by atoms with E-state index in [4.69, 9.17) is 10.5 Å².